The minimum Gasteiger partial charge on any atom is -0.213 e. The van der Waals surface area contributed by atoms with Crippen molar-refractivity contribution in [2.24, 2.45) is 0 Å². The van der Waals surface area contributed by atoms with E-state index in [0.717, 1.165) is 12.8 Å². The van der Waals surface area contributed by atoms with Gasteiger partial charge in [-0.3, -0.25) is 0 Å². The maximum atomic E-state index is 11.3. The molecule has 0 unspecified atom stereocenters. The predicted molar refractivity (Wildman–Crippen MR) is 62.7 cm³/mol. The van der Waals surface area contributed by atoms with Gasteiger partial charge < -0.3 is 0 Å². The van der Waals surface area contributed by atoms with Crippen LogP contribution in [0.2, 0.25) is 0 Å². The van der Waals surface area contributed by atoms with Crippen molar-refractivity contribution in [1.82, 2.24) is 4.31 Å². The summed E-state index contributed by atoms with van der Waals surface area (Å²) in [4.78, 5) is 1.39. The van der Waals surface area contributed by atoms with Gasteiger partial charge in [-0.15, -0.1) is 11.3 Å². The van der Waals surface area contributed by atoms with Gasteiger partial charge in [-0.25, -0.2) is 12.7 Å². The molecule has 2 rings (SSSR count). The van der Waals surface area contributed by atoms with E-state index in [0.29, 0.717) is 19.0 Å². The van der Waals surface area contributed by atoms with E-state index in [1.165, 1.54) is 11.1 Å². The molecule has 0 saturated carbocycles. The summed E-state index contributed by atoms with van der Waals surface area (Å²) >= 11 is 1.77. The lowest BCUT2D eigenvalue weighted by Gasteiger charge is -2.29. The highest BCUT2D eigenvalue weighted by Crippen LogP contribution is 2.31. The number of sulfonamides is 1. The number of hydrogen-bond donors (Lipinski definition) is 0. The molecule has 1 fully saturated rings. The summed E-state index contributed by atoms with van der Waals surface area (Å²) in [7, 11) is -2.98. The van der Waals surface area contributed by atoms with Crippen molar-refractivity contribution in [3.05, 3.63) is 22.4 Å². The third kappa shape index (κ3) is 2.59. The van der Waals surface area contributed by atoms with Crippen LogP contribution in [0.15, 0.2) is 17.5 Å². The Balaban J connectivity index is 1.99. The average Bonchev–Trinajstić information content (AvgIpc) is 2.69. The van der Waals surface area contributed by atoms with E-state index < -0.39 is 10.0 Å². The van der Waals surface area contributed by atoms with Crippen LogP contribution in [0.1, 0.15) is 23.6 Å². The van der Waals surface area contributed by atoms with Crippen molar-refractivity contribution >= 4 is 21.4 Å². The summed E-state index contributed by atoms with van der Waals surface area (Å²) in [5, 5.41) is 2.08. The lowest BCUT2D eigenvalue weighted by molar-refractivity contribution is 0.323. The molecule has 15 heavy (non-hydrogen) atoms. The first kappa shape index (κ1) is 11.1. The molecule has 0 radical (unpaired) electrons. The van der Waals surface area contributed by atoms with Crippen molar-refractivity contribution in [3.8, 4) is 0 Å². The third-order valence-electron chi connectivity index (χ3n) is 2.87. The van der Waals surface area contributed by atoms with Gasteiger partial charge in [-0.05, 0) is 30.2 Å². The molecule has 0 bridgehead atoms. The molecule has 1 aliphatic heterocycles. The Hall–Kier alpha value is -0.390. The number of hydrogen-bond acceptors (Lipinski definition) is 3. The highest BCUT2D eigenvalue weighted by atomic mass is 32.2. The minimum absolute atomic E-state index is 0.558. The molecule has 0 amide bonds. The molecule has 1 aromatic heterocycles. The number of rotatable bonds is 2. The van der Waals surface area contributed by atoms with E-state index in [1.54, 1.807) is 15.6 Å². The Morgan fingerprint density at radius 2 is 2.07 bits per heavy atom. The van der Waals surface area contributed by atoms with Gasteiger partial charge in [0.2, 0.25) is 10.0 Å². The van der Waals surface area contributed by atoms with Gasteiger partial charge in [0.05, 0.1) is 6.26 Å². The zero-order valence-corrected chi connectivity index (χ0v) is 10.4. The van der Waals surface area contributed by atoms with Gasteiger partial charge in [0.25, 0.3) is 0 Å². The summed E-state index contributed by atoms with van der Waals surface area (Å²) in [6.45, 7) is 1.34. The fourth-order valence-electron chi connectivity index (χ4n) is 2.00. The van der Waals surface area contributed by atoms with Crippen molar-refractivity contribution in [2.75, 3.05) is 19.3 Å². The van der Waals surface area contributed by atoms with Crippen molar-refractivity contribution in [1.29, 1.82) is 0 Å². The third-order valence-corrected chi connectivity index (χ3v) is 5.21. The lowest BCUT2D eigenvalue weighted by atomic mass is 9.97. The van der Waals surface area contributed by atoms with Crippen molar-refractivity contribution < 1.29 is 8.42 Å². The van der Waals surface area contributed by atoms with E-state index in [4.69, 9.17) is 0 Å². The molecule has 3 nitrogen and oxygen atoms in total. The summed E-state index contributed by atoms with van der Waals surface area (Å²) < 4.78 is 24.2. The molecule has 1 saturated heterocycles. The average molecular weight is 245 g/mol. The zero-order chi connectivity index (χ0) is 10.9. The minimum atomic E-state index is -2.98. The van der Waals surface area contributed by atoms with Crippen LogP contribution in [-0.4, -0.2) is 32.1 Å². The highest BCUT2D eigenvalue weighted by molar-refractivity contribution is 7.88. The Morgan fingerprint density at radius 1 is 1.40 bits per heavy atom. The monoisotopic (exact) mass is 245 g/mol. The lowest BCUT2D eigenvalue weighted by Crippen LogP contribution is -2.36. The molecule has 0 spiro atoms. The molecule has 1 aliphatic rings. The summed E-state index contributed by atoms with van der Waals surface area (Å²) in [5.74, 6) is 0.558. The normalized spacial score (nSPS) is 20.6. The SMILES string of the molecule is CS(=O)(=O)N1CCC(c2cccs2)CC1. The van der Waals surface area contributed by atoms with E-state index in [2.05, 4.69) is 17.5 Å². The fourth-order valence-corrected chi connectivity index (χ4v) is 3.77. The second-order valence-electron chi connectivity index (χ2n) is 3.95. The van der Waals surface area contributed by atoms with Crippen LogP contribution in [0.3, 0.4) is 0 Å². The first-order valence-corrected chi connectivity index (χ1v) is 7.78. The molecule has 0 aromatic carbocycles. The molecule has 2 heterocycles. The molecule has 1 aromatic rings. The summed E-state index contributed by atoms with van der Waals surface area (Å²) in [6.07, 6.45) is 3.19. The second kappa shape index (κ2) is 4.23. The molecule has 0 aliphatic carbocycles. The topological polar surface area (TPSA) is 37.4 Å². The van der Waals surface area contributed by atoms with Gasteiger partial charge >= 0.3 is 0 Å². The Morgan fingerprint density at radius 3 is 2.53 bits per heavy atom. The zero-order valence-electron chi connectivity index (χ0n) is 8.72. The van der Waals surface area contributed by atoms with Gasteiger partial charge in [0, 0.05) is 18.0 Å². The van der Waals surface area contributed by atoms with Crippen molar-refractivity contribution in [2.45, 2.75) is 18.8 Å². The number of nitrogens with zero attached hydrogens (tertiary/aromatic N) is 1. The Kier molecular flexibility index (Phi) is 3.13. The van der Waals surface area contributed by atoms with E-state index in [-0.39, 0.29) is 0 Å². The molecule has 0 N–H and O–H groups in total. The maximum Gasteiger partial charge on any atom is 0.211 e. The van der Waals surface area contributed by atoms with Gasteiger partial charge in [0.1, 0.15) is 0 Å². The number of piperidine rings is 1. The Bertz CT molecular complexity index is 403. The van der Waals surface area contributed by atoms with Gasteiger partial charge in [-0.2, -0.15) is 0 Å². The number of thiophene rings is 1. The van der Waals surface area contributed by atoms with Crippen LogP contribution < -0.4 is 0 Å². The van der Waals surface area contributed by atoms with Gasteiger partial charge in [-0.1, -0.05) is 6.07 Å². The van der Waals surface area contributed by atoms with Crippen LogP contribution in [-0.2, 0) is 10.0 Å². The van der Waals surface area contributed by atoms with E-state index in [1.807, 2.05) is 0 Å². The van der Waals surface area contributed by atoms with Crippen molar-refractivity contribution in [3.63, 3.8) is 0 Å². The fraction of sp³-hybridized carbons (Fsp3) is 0.600. The highest BCUT2D eigenvalue weighted by Gasteiger charge is 2.25. The first-order valence-electron chi connectivity index (χ1n) is 5.06. The smallest absolute Gasteiger partial charge is 0.211 e. The van der Waals surface area contributed by atoms with Crippen LogP contribution in [0.4, 0.5) is 0 Å². The molecule has 0 atom stereocenters. The van der Waals surface area contributed by atoms with Crippen LogP contribution >= 0.6 is 11.3 Å². The molecule has 84 valence electrons. The summed E-state index contributed by atoms with van der Waals surface area (Å²) in [5.41, 5.74) is 0. The summed E-state index contributed by atoms with van der Waals surface area (Å²) in [6, 6.07) is 4.20. The second-order valence-corrected chi connectivity index (χ2v) is 6.91. The van der Waals surface area contributed by atoms with E-state index >= 15 is 0 Å². The van der Waals surface area contributed by atoms with Gasteiger partial charge in [0.15, 0.2) is 0 Å². The first-order chi connectivity index (χ1) is 7.07. The molecular formula is C10H15NO2S2. The Labute approximate surface area is 94.8 Å². The largest absolute Gasteiger partial charge is 0.213 e. The van der Waals surface area contributed by atoms with E-state index in [9.17, 15) is 8.42 Å². The molecular weight excluding hydrogens is 230 g/mol. The quantitative estimate of drug-likeness (QED) is 0.798. The van der Waals surface area contributed by atoms with Crippen LogP contribution in [0.25, 0.3) is 0 Å². The standard InChI is InChI=1S/C10H15NO2S2/c1-15(12,13)11-6-4-9(5-7-11)10-3-2-8-14-10/h2-3,8-9H,4-7H2,1H3. The maximum absolute atomic E-state index is 11.3. The molecule has 5 heteroatoms. The van der Waals surface area contributed by atoms with Crippen LogP contribution in [0, 0.1) is 0 Å². The van der Waals surface area contributed by atoms with Crippen LogP contribution in [0.5, 0.6) is 0 Å². The predicted octanol–water partition coefficient (Wildman–Crippen LogP) is 1.89.